The van der Waals surface area contributed by atoms with Gasteiger partial charge in [0.2, 0.25) is 17.1 Å². The molecule has 6 heteroatoms. The third kappa shape index (κ3) is 6.39. The molecule has 0 aliphatic carbocycles. The van der Waals surface area contributed by atoms with E-state index in [4.69, 9.17) is 28.2 Å². The van der Waals surface area contributed by atoms with Gasteiger partial charge in [-0.1, -0.05) is 140 Å². The van der Waals surface area contributed by atoms with Crippen LogP contribution in [0.1, 0.15) is 22.3 Å². The van der Waals surface area contributed by atoms with Gasteiger partial charge in [-0.05, 0) is 87.0 Å². The molecule has 0 aliphatic rings. The van der Waals surface area contributed by atoms with Crippen molar-refractivity contribution in [2.24, 2.45) is 0 Å². The number of benzene rings is 7. The number of para-hydroxylation sites is 2. The summed E-state index contributed by atoms with van der Waals surface area (Å²) in [5.41, 5.74) is 13.8. The molecule has 59 heavy (non-hydrogen) atoms. The molecule has 0 spiro atoms. The van der Waals surface area contributed by atoms with Gasteiger partial charge in [0.05, 0.1) is 0 Å². The SMILES string of the molecule is c1ccc(C(=C(c2ccccc2)c2ccc(-c3ccc4oc5ccc6cccc(oc7ccc8cccc(oc9ccc3c4n9)c8n7)c6n5)cc2)c2ccccc2)cc1. The largest absolute Gasteiger partial charge is 0.437 e. The molecule has 0 amide bonds. The maximum Gasteiger partial charge on any atom is 0.220 e. The minimum Gasteiger partial charge on any atom is -0.437 e. The summed E-state index contributed by atoms with van der Waals surface area (Å²) in [6.07, 6.45) is 0. The molecule has 0 saturated carbocycles. The Hall–Kier alpha value is -8.09. The lowest BCUT2D eigenvalue weighted by Crippen LogP contribution is -1.97. The summed E-state index contributed by atoms with van der Waals surface area (Å²) in [7, 11) is 0. The molecule has 6 bridgehead atoms. The van der Waals surface area contributed by atoms with E-state index in [1.165, 1.54) is 5.57 Å². The average Bonchev–Trinajstić information content (AvgIpc) is 3.30. The van der Waals surface area contributed by atoms with Crippen LogP contribution in [0.2, 0.25) is 0 Å². The second kappa shape index (κ2) is 14.4. The summed E-state index contributed by atoms with van der Waals surface area (Å²) < 4.78 is 19.4. The number of hydrogen-bond donors (Lipinski definition) is 0. The molecule has 4 heterocycles. The molecular formula is C53H33N3O3. The summed E-state index contributed by atoms with van der Waals surface area (Å²) in [4.78, 5) is 14.9. The number of rotatable bonds is 5. The molecule has 0 aliphatic heterocycles. The Bertz CT molecular complexity index is 3430. The van der Waals surface area contributed by atoms with Crippen molar-refractivity contribution < 1.29 is 13.3 Å². The van der Waals surface area contributed by atoms with Crippen LogP contribution in [0, 0.1) is 0 Å². The van der Waals surface area contributed by atoms with Gasteiger partial charge in [0, 0.05) is 34.4 Å². The Morgan fingerprint density at radius 1 is 0.305 bits per heavy atom. The van der Waals surface area contributed by atoms with Crippen molar-refractivity contribution in [3.8, 4) is 11.1 Å². The van der Waals surface area contributed by atoms with Crippen molar-refractivity contribution in [1.82, 2.24) is 15.0 Å². The third-order valence-electron chi connectivity index (χ3n) is 10.7. The molecule has 0 saturated heterocycles. The molecule has 0 atom stereocenters. The fourth-order valence-electron chi connectivity index (χ4n) is 7.93. The minimum absolute atomic E-state index is 0.407. The van der Waals surface area contributed by atoms with Gasteiger partial charge in [0.15, 0.2) is 16.7 Å². The topological polar surface area (TPSA) is 78.1 Å². The van der Waals surface area contributed by atoms with Crippen molar-refractivity contribution >= 4 is 77.7 Å². The molecule has 7 aromatic carbocycles. The second-order valence-corrected chi connectivity index (χ2v) is 14.3. The quantitative estimate of drug-likeness (QED) is 0.163. The van der Waals surface area contributed by atoms with E-state index in [-0.39, 0.29) is 0 Å². The zero-order valence-corrected chi connectivity index (χ0v) is 31.6. The Morgan fingerprint density at radius 3 is 1.22 bits per heavy atom. The third-order valence-corrected chi connectivity index (χ3v) is 10.7. The molecule has 11 rings (SSSR count). The van der Waals surface area contributed by atoms with E-state index in [2.05, 4.69) is 121 Å². The number of aromatic nitrogens is 3. The number of hydrogen-bond acceptors (Lipinski definition) is 6. The molecule has 6 nitrogen and oxygen atoms in total. The predicted octanol–water partition coefficient (Wildman–Crippen LogP) is 13.9. The van der Waals surface area contributed by atoms with Gasteiger partial charge in [-0.3, -0.25) is 0 Å². The van der Waals surface area contributed by atoms with E-state index < -0.39 is 0 Å². The number of fused-ring (bicyclic) bond motifs is 3. The maximum absolute atomic E-state index is 6.58. The summed E-state index contributed by atoms with van der Waals surface area (Å²) in [6, 6.07) is 68.0. The Kier molecular flexibility index (Phi) is 8.37. The first-order chi connectivity index (χ1) is 29.2. The van der Waals surface area contributed by atoms with E-state index in [1.807, 2.05) is 78.9 Å². The van der Waals surface area contributed by atoms with Crippen LogP contribution in [-0.4, -0.2) is 15.0 Å². The molecular weight excluding hydrogens is 727 g/mol. The monoisotopic (exact) mass is 759 g/mol. The first-order valence-corrected chi connectivity index (χ1v) is 19.5. The highest BCUT2D eigenvalue weighted by atomic mass is 16.3. The van der Waals surface area contributed by atoms with Gasteiger partial charge in [0.25, 0.3) is 0 Å². The van der Waals surface area contributed by atoms with Crippen LogP contribution in [0.4, 0.5) is 0 Å². The molecule has 11 aromatic rings. The summed E-state index contributed by atoms with van der Waals surface area (Å²) in [5.74, 6) is 0. The van der Waals surface area contributed by atoms with E-state index in [9.17, 15) is 0 Å². The van der Waals surface area contributed by atoms with E-state index >= 15 is 0 Å². The Morgan fingerprint density at radius 2 is 0.729 bits per heavy atom. The normalized spacial score (nSPS) is 11.4. The minimum atomic E-state index is 0.407. The van der Waals surface area contributed by atoms with Crippen molar-refractivity contribution in [1.29, 1.82) is 0 Å². The fourth-order valence-corrected chi connectivity index (χ4v) is 7.93. The van der Waals surface area contributed by atoms with Gasteiger partial charge < -0.3 is 13.3 Å². The highest BCUT2D eigenvalue weighted by Crippen LogP contribution is 2.39. The molecule has 278 valence electrons. The smallest absolute Gasteiger partial charge is 0.220 e. The Labute approximate surface area is 338 Å². The van der Waals surface area contributed by atoms with Crippen molar-refractivity contribution in [2.75, 3.05) is 0 Å². The molecule has 0 unspecified atom stereocenters. The van der Waals surface area contributed by atoms with Gasteiger partial charge in [0.1, 0.15) is 16.6 Å². The van der Waals surface area contributed by atoms with Crippen LogP contribution < -0.4 is 0 Å². The lowest BCUT2D eigenvalue weighted by Gasteiger charge is -2.18. The zero-order valence-electron chi connectivity index (χ0n) is 31.6. The maximum atomic E-state index is 6.58. The van der Waals surface area contributed by atoms with Crippen LogP contribution in [0.25, 0.3) is 88.9 Å². The van der Waals surface area contributed by atoms with Crippen molar-refractivity contribution in [2.45, 2.75) is 0 Å². The van der Waals surface area contributed by atoms with Crippen molar-refractivity contribution in [3.05, 3.63) is 222 Å². The van der Waals surface area contributed by atoms with Gasteiger partial charge in [-0.25, -0.2) is 15.0 Å². The van der Waals surface area contributed by atoms with Crippen LogP contribution in [0.3, 0.4) is 0 Å². The summed E-state index contributed by atoms with van der Waals surface area (Å²) in [6.45, 7) is 0. The van der Waals surface area contributed by atoms with Crippen LogP contribution >= 0.6 is 0 Å². The first-order valence-electron chi connectivity index (χ1n) is 19.5. The van der Waals surface area contributed by atoms with E-state index in [0.29, 0.717) is 50.4 Å². The molecule has 0 N–H and O–H groups in total. The predicted molar refractivity (Wildman–Crippen MR) is 238 cm³/mol. The van der Waals surface area contributed by atoms with Gasteiger partial charge in [-0.2, -0.15) is 0 Å². The van der Waals surface area contributed by atoms with Crippen LogP contribution in [0.5, 0.6) is 0 Å². The number of pyridine rings is 3. The van der Waals surface area contributed by atoms with E-state index in [1.54, 1.807) is 0 Å². The molecule has 0 radical (unpaired) electrons. The Balaban J connectivity index is 1.14. The lowest BCUT2D eigenvalue weighted by atomic mass is 9.85. The number of nitrogens with zero attached hydrogens (tertiary/aromatic N) is 3. The zero-order chi connectivity index (χ0) is 39.1. The van der Waals surface area contributed by atoms with E-state index in [0.717, 1.165) is 55.1 Å². The fraction of sp³-hybridized carbons (Fsp3) is 0. The van der Waals surface area contributed by atoms with Crippen LogP contribution in [-0.2, 0) is 0 Å². The highest BCUT2D eigenvalue weighted by Gasteiger charge is 2.17. The molecule has 0 fully saturated rings. The summed E-state index contributed by atoms with van der Waals surface area (Å²) in [5, 5.41) is 2.74. The van der Waals surface area contributed by atoms with Crippen LogP contribution in [0.15, 0.2) is 213 Å². The highest BCUT2D eigenvalue weighted by molar-refractivity contribution is 6.06. The standard InChI is InChI=1S/C53H33N3O3/c1-4-12-35(13-5-1)49(36-14-6-2-7-15-36)50(37-16-8-3-9-17-37)38-24-22-34(23-25-38)41-28-30-45-53-42(41)29-33-48(56-53)58-44-21-11-19-39-26-31-46(54-52(39)44)57-43-20-10-18-40-27-32-47(59-45)55-51(40)43/h1-33H. The second-order valence-electron chi connectivity index (χ2n) is 14.3. The first kappa shape index (κ1) is 34.2. The average molecular weight is 760 g/mol. The lowest BCUT2D eigenvalue weighted by molar-refractivity contribution is 0.637. The summed E-state index contributed by atoms with van der Waals surface area (Å²) >= 11 is 0. The van der Waals surface area contributed by atoms with Crippen molar-refractivity contribution in [3.63, 3.8) is 0 Å². The molecule has 4 aromatic heterocycles. The van der Waals surface area contributed by atoms with Gasteiger partial charge in [-0.15, -0.1) is 0 Å². The van der Waals surface area contributed by atoms with Gasteiger partial charge >= 0.3 is 0 Å².